The molecule has 2 rings (SSSR count). The summed E-state index contributed by atoms with van der Waals surface area (Å²) < 4.78 is 17.9. The molecule has 1 aromatic carbocycles. The summed E-state index contributed by atoms with van der Waals surface area (Å²) in [5.74, 6) is 1.10. The lowest BCUT2D eigenvalue weighted by Gasteiger charge is -2.36. The van der Waals surface area contributed by atoms with E-state index in [4.69, 9.17) is 4.74 Å². The smallest absolute Gasteiger partial charge is 0.135 e. The van der Waals surface area contributed by atoms with Crippen molar-refractivity contribution in [2.45, 2.75) is 37.0 Å². The third kappa shape index (κ3) is 2.08. The van der Waals surface area contributed by atoms with E-state index >= 15 is 0 Å². The van der Waals surface area contributed by atoms with Crippen LogP contribution in [-0.4, -0.2) is 23.1 Å². The zero-order valence-electron chi connectivity index (χ0n) is 11.4. The standard InChI is InChI=1S/C14H21NO2S/c1-5-15-13-9(2)10(3)18(16)14-11(13)7-6-8-12(14)17-4/h6-10,13,15H,5H2,1-4H3. The van der Waals surface area contributed by atoms with Gasteiger partial charge in [0.25, 0.3) is 0 Å². The van der Waals surface area contributed by atoms with Crippen molar-refractivity contribution < 1.29 is 8.95 Å². The molecular weight excluding hydrogens is 246 g/mol. The van der Waals surface area contributed by atoms with Crippen LogP contribution in [0.25, 0.3) is 0 Å². The minimum Gasteiger partial charge on any atom is -0.495 e. The van der Waals surface area contributed by atoms with Gasteiger partial charge in [-0.3, -0.25) is 4.21 Å². The summed E-state index contributed by atoms with van der Waals surface area (Å²) >= 11 is 0. The molecule has 3 nitrogen and oxygen atoms in total. The number of fused-ring (bicyclic) bond motifs is 1. The summed E-state index contributed by atoms with van der Waals surface area (Å²) in [7, 11) is 0.646. The molecule has 4 atom stereocenters. The number of nitrogens with one attached hydrogen (secondary N) is 1. The molecule has 1 aromatic rings. The molecule has 1 N–H and O–H groups in total. The predicted molar refractivity (Wildman–Crippen MR) is 74.4 cm³/mol. The summed E-state index contributed by atoms with van der Waals surface area (Å²) in [6.45, 7) is 7.23. The molecule has 4 heteroatoms. The second-order valence-electron chi connectivity index (χ2n) is 4.78. The Balaban J connectivity index is 2.57. The van der Waals surface area contributed by atoms with Crippen molar-refractivity contribution >= 4 is 10.8 Å². The Labute approximate surface area is 111 Å². The normalized spacial score (nSPS) is 30.9. The molecule has 18 heavy (non-hydrogen) atoms. The van der Waals surface area contributed by atoms with Gasteiger partial charge in [-0.1, -0.05) is 32.9 Å². The Morgan fingerprint density at radius 2 is 2.11 bits per heavy atom. The van der Waals surface area contributed by atoms with E-state index in [1.54, 1.807) is 7.11 Å². The van der Waals surface area contributed by atoms with E-state index in [-0.39, 0.29) is 11.3 Å². The number of hydrogen-bond donors (Lipinski definition) is 1. The SMILES string of the molecule is CCNC1c2cccc(OC)c2S(=O)C(C)C1C. The van der Waals surface area contributed by atoms with E-state index in [9.17, 15) is 4.21 Å². The first-order valence-corrected chi connectivity index (χ1v) is 7.64. The van der Waals surface area contributed by atoms with E-state index in [1.807, 2.05) is 12.1 Å². The minimum absolute atomic E-state index is 0.137. The van der Waals surface area contributed by atoms with E-state index in [0.717, 1.165) is 22.8 Å². The molecule has 100 valence electrons. The van der Waals surface area contributed by atoms with Crippen LogP contribution in [0.15, 0.2) is 23.1 Å². The molecule has 0 bridgehead atoms. The molecule has 0 aromatic heterocycles. The first-order chi connectivity index (χ1) is 8.61. The summed E-state index contributed by atoms with van der Waals surface area (Å²) in [6, 6.07) is 6.18. The second kappa shape index (κ2) is 5.41. The van der Waals surface area contributed by atoms with Crippen molar-refractivity contribution in [1.82, 2.24) is 5.32 Å². The van der Waals surface area contributed by atoms with Crippen molar-refractivity contribution in [3.05, 3.63) is 23.8 Å². The van der Waals surface area contributed by atoms with Gasteiger partial charge in [-0.2, -0.15) is 0 Å². The summed E-state index contributed by atoms with van der Waals surface area (Å²) in [6.07, 6.45) is 0. The Bertz CT molecular complexity index is 461. The van der Waals surface area contributed by atoms with Crippen LogP contribution < -0.4 is 10.1 Å². The van der Waals surface area contributed by atoms with E-state index in [0.29, 0.717) is 5.92 Å². The van der Waals surface area contributed by atoms with Crippen molar-refractivity contribution in [2.24, 2.45) is 5.92 Å². The summed E-state index contributed by atoms with van der Waals surface area (Å²) in [5, 5.41) is 3.64. The maximum atomic E-state index is 12.6. The van der Waals surface area contributed by atoms with Crippen molar-refractivity contribution in [1.29, 1.82) is 0 Å². The Morgan fingerprint density at radius 1 is 1.39 bits per heavy atom. The molecule has 0 radical (unpaired) electrons. The molecule has 0 spiro atoms. The van der Waals surface area contributed by atoms with E-state index < -0.39 is 10.8 Å². The first-order valence-electron chi connectivity index (χ1n) is 6.42. The van der Waals surface area contributed by atoms with Crippen LogP contribution in [-0.2, 0) is 10.8 Å². The third-order valence-electron chi connectivity index (χ3n) is 3.79. The highest BCUT2D eigenvalue weighted by molar-refractivity contribution is 7.86. The molecule has 1 aliphatic rings. The molecule has 4 unspecified atom stereocenters. The van der Waals surface area contributed by atoms with Gasteiger partial charge in [0, 0.05) is 11.3 Å². The fourth-order valence-corrected chi connectivity index (χ4v) is 4.30. The van der Waals surface area contributed by atoms with Gasteiger partial charge < -0.3 is 10.1 Å². The maximum absolute atomic E-state index is 12.6. The van der Waals surface area contributed by atoms with Crippen molar-refractivity contribution in [2.75, 3.05) is 13.7 Å². The number of methoxy groups -OCH3 is 1. The molecule has 0 saturated carbocycles. The molecule has 0 saturated heterocycles. The van der Waals surface area contributed by atoms with Crippen LogP contribution in [0, 0.1) is 5.92 Å². The van der Waals surface area contributed by atoms with Crippen LogP contribution in [0.2, 0.25) is 0 Å². The van der Waals surface area contributed by atoms with E-state index in [2.05, 4.69) is 32.2 Å². The minimum atomic E-state index is -0.991. The van der Waals surface area contributed by atoms with Gasteiger partial charge in [-0.15, -0.1) is 0 Å². The fourth-order valence-electron chi connectivity index (χ4n) is 2.60. The van der Waals surface area contributed by atoms with Crippen LogP contribution in [0.3, 0.4) is 0 Å². The summed E-state index contributed by atoms with van der Waals surface area (Å²) in [5.41, 5.74) is 1.13. The van der Waals surface area contributed by atoms with Gasteiger partial charge >= 0.3 is 0 Å². The first kappa shape index (κ1) is 13.6. The lowest BCUT2D eigenvalue weighted by atomic mass is 9.91. The van der Waals surface area contributed by atoms with E-state index in [1.165, 1.54) is 0 Å². The highest BCUT2D eigenvalue weighted by Gasteiger charge is 2.37. The molecular formula is C14H21NO2S. The van der Waals surface area contributed by atoms with Gasteiger partial charge in [0.05, 0.1) is 22.8 Å². The van der Waals surface area contributed by atoms with Gasteiger partial charge in [0.1, 0.15) is 5.75 Å². The van der Waals surface area contributed by atoms with Crippen LogP contribution >= 0.6 is 0 Å². The van der Waals surface area contributed by atoms with Gasteiger partial charge in [-0.25, -0.2) is 0 Å². The zero-order chi connectivity index (χ0) is 13.3. The van der Waals surface area contributed by atoms with Crippen LogP contribution in [0.4, 0.5) is 0 Å². The maximum Gasteiger partial charge on any atom is 0.135 e. The largest absolute Gasteiger partial charge is 0.495 e. The molecule has 0 fully saturated rings. The average molecular weight is 267 g/mol. The molecule has 0 amide bonds. The average Bonchev–Trinajstić information content (AvgIpc) is 2.40. The number of hydrogen-bond acceptors (Lipinski definition) is 3. The van der Waals surface area contributed by atoms with Crippen molar-refractivity contribution in [3.63, 3.8) is 0 Å². The molecule has 1 aliphatic heterocycles. The van der Waals surface area contributed by atoms with Crippen LogP contribution in [0.1, 0.15) is 32.4 Å². The Kier molecular flexibility index (Phi) is 4.07. The zero-order valence-corrected chi connectivity index (χ0v) is 12.2. The van der Waals surface area contributed by atoms with Gasteiger partial charge in [-0.05, 0) is 24.1 Å². The topological polar surface area (TPSA) is 38.3 Å². The second-order valence-corrected chi connectivity index (χ2v) is 6.52. The monoisotopic (exact) mass is 267 g/mol. The van der Waals surface area contributed by atoms with Crippen LogP contribution in [0.5, 0.6) is 5.75 Å². The lowest BCUT2D eigenvalue weighted by molar-refractivity contribution is 0.359. The van der Waals surface area contributed by atoms with Gasteiger partial charge in [0.15, 0.2) is 0 Å². The highest BCUT2D eigenvalue weighted by atomic mass is 32.2. The molecule has 0 aliphatic carbocycles. The Morgan fingerprint density at radius 3 is 2.72 bits per heavy atom. The fraction of sp³-hybridized carbons (Fsp3) is 0.571. The highest BCUT2D eigenvalue weighted by Crippen LogP contribution is 2.41. The third-order valence-corrected chi connectivity index (χ3v) is 5.74. The van der Waals surface area contributed by atoms with Crippen molar-refractivity contribution in [3.8, 4) is 5.75 Å². The lowest BCUT2D eigenvalue weighted by Crippen LogP contribution is -2.39. The number of ether oxygens (including phenoxy) is 1. The number of rotatable bonds is 3. The summed E-state index contributed by atoms with van der Waals surface area (Å²) in [4.78, 5) is 0.872. The Hall–Kier alpha value is -0.870. The quantitative estimate of drug-likeness (QED) is 0.914. The van der Waals surface area contributed by atoms with Gasteiger partial charge in [0.2, 0.25) is 0 Å². The molecule has 1 heterocycles. The predicted octanol–water partition coefficient (Wildman–Crippen LogP) is 2.49. The number of benzene rings is 1.